The highest BCUT2D eigenvalue weighted by atomic mass is 35.5. The molecule has 30 heavy (non-hydrogen) atoms. The number of benzene rings is 1. The van der Waals surface area contributed by atoms with Crippen molar-refractivity contribution in [3.8, 4) is 0 Å². The zero-order valence-corrected chi connectivity index (χ0v) is 17.2. The molecule has 154 valence electrons. The Hall–Kier alpha value is -3.03. The first kappa shape index (κ1) is 20.3. The highest BCUT2D eigenvalue weighted by molar-refractivity contribution is 6.29. The van der Waals surface area contributed by atoms with Crippen molar-refractivity contribution >= 4 is 40.3 Å². The molecule has 4 rings (SSSR count). The smallest absolute Gasteiger partial charge is 0.262 e. The van der Waals surface area contributed by atoms with Crippen molar-refractivity contribution in [2.75, 3.05) is 18.1 Å². The number of unbranched alkanes of at least 4 members (excludes halogenated alkanes) is 1. The van der Waals surface area contributed by atoms with Gasteiger partial charge in [-0.1, -0.05) is 29.8 Å². The number of aromatic nitrogens is 2. The molecule has 0 spiro atoms. The van der Waals surface area contributed by atoms with Crippen LogP contribution in [0.3, 0.4) is 0 Å². The minimum absolute atomic E-state index is 0.0477. The zero-order chi connectivity index (χ0) is 21.1. The fraction of sp³-hybridized carbons (Fsp3) is 0.273. The third kappa shape index (κ3) is 4.13. The van der Waals surface area contributed by atoms with E-state index in [-0.39, 0.29) is 11.8 Å². The number of fused-ring (bicyclic) bond motifs is 2. The highest BCUT2D eigenvalue weighted by Gasteiger charge is 2.39. The standard InChI is InChI=1S/C22H21ClN4O3/c1-14(28)24-12-4-5-13-30-22-17-7-3-2-6-16(17)21(29)27(22)19-11-9-15-8-10-18(23)25-20(15)26-19/h2-3,6-11,22H,4-5,12-13H2,1H3,(H,24,28). The van der Waals surface area contributed by atoms with Crippen molar-refractivity contribution in [1.29, 1.82) is 0 Å². The van der Waals surface area contributed by atoms with Gasteiger partial charge in [0.1, 0.15) is 11.0 Å². The van der Waals surface area contributed by atoms with Crippen LogP contribution in [0.15, 0.2) is 48.5 Å². The Kier molecular flexibility index (Phi) is 5.92. The maximum absolute atomic E-state index is 13.1. The molecule has 1 atom stereocenters. The number of carbonyl (C=O) groups is 2. The molecular formula is C22H21ClN4O3. The Labute approximate surface area is 179 Å². The van der Waals surface area contributed by atoms with Gasteiger partial charge in [-0.3, -0.25) is 14.5 Å². The topological polar surface area (TPSA) is 84.4 Å². The summed E-state index contributed by atoms with van der Waals surface area (Å²) >= 11 is 6.01. The summed E-state index contributed by atoms with van der Waals surface area (Å²) in [5.74, 6) is 0.248. The van der Waals surface area contributed by atoms with Gasteiger partial charge in [-0.25, -0.2) is 9.97 Å². The first-order valence-corrected chi connectivity index (χ1v) is 10.1. The number of nitrogens with one attached hydrogen (secondary N) is 1. The first-order valence-electron chi connectivity index (χ1n) is 9.76. The fourth-order valence-corrected chi connectivity index (χ4v) is 3.60. The molecule has 2 amide bonds. The summed E-state index contributed by atoms with van der Waals surface area (Å²) in [6.07, 6.45) is 0.973. The molecule has 0 radical (unpaired) electrons. The lowest BCUT2D eigenvalue weighted by molar-refractivity contribution is -0.118. The van der Waals surface area contributed by atoms with E-state index in [9.17, 15) is 9.59 Å². The third-order valence-corrected chi connectivity index (χ3v) is 5.09. The number of nitrogens with zero attached hydrogens (tertiary/aromatic N) is 3. The Morgan fingerprint density at radius 1 is 1.13 bits per heavy atom. The number of hydrogen-bond acceptors (Lipinski definition) is 5. The quantitative estimate of drug-likeness (QED) is 0.459. The molecule has 0 aliphatic carbocycles. The van der Waals surface area contributed by atoms with Gasteiger partial charge in [0.05, 0.1) is 0 Å². The average molecular weight is 425 g/mol. The number of amides is 2. The summed E-state index contributed by atoms with van der Waals surface area (Å²) < 4.78 is 6.12. The lowest BCUT2D eigenvalue weighted by Gasteiger charge is -2.24. The summed E-state index contributed by atoms with van der Waals surface area (Å²) in [5.41, 5.74) is 1.88. The average Bonchev–Trinajstić information content (AvgIpc) is 3.02. The number of halogens is 1. The Balaban J connectivity index is 1.57. The fourth-order valence-electron chi connectivity index (χ4n) is 3.46. The summed E-state index contributed by atoms with van der Waals surface area (Å²) in [4.78, 5) is 34.5. The van der Waals surface area contributed by atoms with Crippen molar-refractivity contribution in [1.82, 2.24) is 15.3 Å². The largest absolute Gasteiger partial charge is 0.356 e. The summed E-state index contributed by atoms with van der Waals surface area (Å²) in [6.45, 7) is 2.54. The minimum Gasteiger partial charge on any atom is -0.356 e. The number of ether oxygens (including phenoxy) is 1. The normalized spacial score (nSPS) is 15.5. The number of carbonyl (C=O) groups excluding carboxylic acids is 2. The second-order valence-corrected chi connectivity index (χ2v) is 7.41. The van der Waals surface area contributed by atoms with Crippen LogP contribution in [0.1, 0.15) is 41.9 Å². The van der Waals surface area contributed by atoms with E-state index >= 15 is 0 Å². The molecule has 3 heterocycles. The molecule has 2 aromatic heterocycles. The molecule has 3 aromatic rings. The van der Waals surface area contributed by atoms with E-state index in [1.807, 2.05) is 30.3 Å². The van der Waals surface area contributed by atoms with Gasteiger partial charge in [0.15, 0.2) is 11.9 Å². The van der Waals surface area contributed by atoms with E-state index in [1.54, 1.807) is 23.1 Å². The van der Waals surface area contributed by atoms with E-state index < -0.39 is 6.23 Å². The van der Waals surface area contributed by atoms with Gasteiger partial charge in [0, 0.05) is 36.6 Å². The van der Waals surface area contributed by atoms with Crippen LogP contribution in [0.5, 0.6) is 0 Å². The molecule has 1 aliphatic heterocycles. The van der Waals surface area contributed by atoms with Crippen LogP contribution >= 0.6 is 11.6 Å². The molecule has 0 saturated carbocycles. The van der Waals surface area contributed by atoms with Gasteiger partial charge in [0.25, 0.3) is 5.91 Å². The van der Waals surface area contributed by atoms with Crippen molar-refractivity contribution in [2.45, 2.75) is 26.0 Å². The van der Waals surface area contributed by atoms with Gasteiger partial charge in [0.2, 0.25) is 5.91 Å². The van der Waals surface area contributed by atoms with Gasteiger partial charge in [-0.2, -0.15) is 0 Å². The zero-order valence-electron chi connectivity index (χ0n) is 16.5. The van der Waals surface area contributed by atoms with Crippen LogP contribution in [0.25, 0.3) is 11.0 Å². The second kappa shape index (κ2) is 8.77. The van der Waals surface area contributed by atoms with Crippen LogP contribution in [0.4, 0.5) is 5.82 Å². The lowest BCUT2D eigenvalue weighted by atomic mass is 10.1. The molecule has 1 N–H and O–H groups in total. The maximum atomic E-state index is 13.1. The van der Waals surface area contributed by atoms with E-state index in [1.165, 1.54) is 6.92 Å². The van der Waals surface area contributed by atoms with Crippen LogP contribution in [-0.4, -0.2) is 34.9 Å². The number of pyridine rings is 2. The monoisotopic (exact) mass is 424 g/mol. The van der Waals surface area contributed by atoms with E-state index in [2.05, 4.69) is 15.3 Å². The summed E-state index contributed by atoms with van der Waals surface area (Å²) in [5, 5.41) is 3.94. The molecular weight excluding hydrogens is 404 g/mol. The third-order valence-electron chi connectivity index (χ3n) is 4.88. The number of rotatable bonds is 7. The first-order chi connectivity index (χ1) is 14.5. The molecule has 1 aromatic carbocycles. The van der Waals surface area contributed by atoms with Gasteiger partial charge < -0.3 is 10.1 Å². The predicted octanol–water partition coefficient (Wildman–Crippen LogP) is 3.88. The molecule has 0 bridgehead atoms. The molecule has 7 nitrogen and oxygen atoms in total. The summed E-state index contributed by atoms with van der Waals surface area (Å²) in [6, 6.07) is 14.6. The predicted molar refractivity (Wildman–Crippen MR) is 114 cm³/mol. The van der Waals surface area contributed by atoms with Crippen molar-refractivity contribution in [3.05, 3.63) is 64.8 Å². The van der Waals surface area contributed by atoms with Crippen molar-refractivity contribution < 1.29 is 14.3 Å². The van der Waals surface area contributed by atoms with Gasteiger partial charge in [-0.05, 0) is 43.2 Å². The molecule has 0 fully saturated rings. The van der Waals surface area contributed by atoms with E-state index in [0.29, 0.717) is 35.3 Å². The maximum Gasteiger partial charge on any atom is 0.262 e. The molecule has 1 unspecified atom stereocenters. The molecule has 1 aliphatic rings. The molecule has 8 heteroatoms. The van der Waals surface area contributed by atoms with E-state index in [0.717, 1.165) is 23.8 Å². The molecule has 0 saturated heterocycles. The van der Waals surface area contributed by atoms with Gasteiger partial charge >= 0.3 is 0 Å². The number of hydrogen-bond donors (Lipinski definition) is 1. The van der Waals surface area contributed by atoms with Crippen LogP contribution in [-0.2, 0) is 9.53 Å². The van der Waals surface area contributed by atoms with Gasteiger partial charge in [-0.15, -0.1) is 0 Å². The van der Waals surface area contributed by atoms with Crippen LogP contribution in [0, 0.1) is 0 Å². The van der Waals surface area contributed by atoms with Crippen molar-refractivity contribution in [3.63, 3.8) is 0 Å². The van der Waals surface area contributed by atoms with Crippen LogP contribution in [0.2, 0.25) is 5.15 Å². The Bertz CT molecular complexity index is 1100. The highest BCUT2D eigenvalue weighted by Crippen LogP contribution is 2.38. The second-order valence-electron chi connectivity index (χ2n) is 7.03. The Morgan fingerprint density at radius 3 is 2.77 bits per heavy atom. The van der Waals surface area contributed by atoms with Crippen LogP contribution < -0.4 is 10.2 Å². The van der Waals surface area contributed by atoms with E-state index in [4.69, 9.17) is 16.3 Å². The Morgan fingerprint density at radius 2 is 1.93 bits per heavy atom. The lowest BCUT2D eigenvalue weighted by Crippen LogP contribution is -2.30. The van der Waals surface area contributed by atoms with Crippen molar-refractivity contribution in [2.24, 2.45) is 0 Å². The SMILES string of the molecule is CC(=O)NCCCCOC1c2ccccc2C(=O)N1c1ccc2ccc(Cl)nc2n1. The number of anilines is 1. The summed E-state index contributed by atoms with van der Waals surface area (Å²) in [7, 11) is 0. The minimum atomic E-state index is -0.571.